The zero-order valence-corrected chi connectivity index (χ0v) is 12.6. The normalized spacial score (nSPS) is 10.3. The maximum Gasteiger partial charge on any atom is 0.255 e. The van der Waals surface area contributed by atoms with Crippen LogP contribution in [0.5, 0.6) is 5.75 Å². The zero-order valence-electron chi connectivity index (χ0n) is 9.45. The van der Waals surface area contributed by atoms with Crippen molar-refractivity contribution in [2.75, 3.05) is 5.32 Å². The Balaban J connectivity index is 2.20. The first-order valence-corrected chi connectivity index (χ1v) is 6.81. The lowest BCUT2D eigenvalue weighted by Gasteiger charge is -2.07. The highest BCUT2D eigenvalue weighted by molar-refractivity contribution is 9.10. The highest BCUT2D eigenvalue weighted by Gasteiger charge is 2.09. The van der Waals surface area contributed by atoms with Crippen molar-refractivity contribution in [1.29, 1.82) is 0 Å². The van der Waals surface area contributed by atoms with E-state index in [1.807, 2.05) is 0 Å². The number of benzene rings is 2. The summed E-state index contributed by atoms with van der Waals surface area (Å²) in [6.45, 7) is 0. The highest BCUT2D eigenvalue weighted by atomic mass is 79.9. The second-order valence-electron chi connectivity index (χ2n) is 3.75. The summed E-state index contributed by atoms with van der Waals surface area (Å²) in [7, 11) is 0. The molecule has 19 heavy (non-hydrogen) atoms. The number of carbonyl (C=O) groups is 1. The van der Waals surface area contributed by atoms with Crippen LogP contribution in [0.25, 0.3) is 0 Å². The van der Waals surface area contributed by atoms with Gasteiger partial charge in [-0.3, -0.25) is 4.79 Å². The maximum absolute atomic E-state index is 13.1. The summed E-state index contributed by atoms with van der Waals surface area (Å²) in [6, 6.07) is 8.65. The summed E-state index contributed by atoms with van der Waals surface area (Å²) in [6.07, 6.45) is 0. The Morgan fingerprint density at radius 1 is 1.11 bits per heavy atom. The van der Waals surface area contributed by atoms with Crippen LogP contribution < -0.4 is 5.32 Å². The van der Waals surface area contributed by atoms with Crippen LogP contribution in [0.1, 0.15) is 10.4 Å². The summed E-state index contributed by atoms with van der Waals surface area (Å²) < 4.78 is 13.8. The van der Waals surface area contributed by atoms with Crippen LogP contribution in [0.15, 0.2) is 45.3 Å². The van der Waals surface area contributed by atoms with E-state index < -0.39 is 5.82 Å². The number of rotatable bonds is 2. The van der Waals surface area contributed by atoms with Gasteiger partial charge in [0, 0.05) is 11.3 Å². The number of amides is 1. The Morgan fingerprint density at radius 2 is 1.84 bits per heavy atom. The van der Waals surface area contributed by atoms with Crippen LogP contribution in [-0.2, 0) is 0 Å². The van der Waals surface area contributed by atoms with E-state index in [-0.39, 0.29) is 16.1 Å². The second kappa shape index (κ2) is 5.71. The molecule has 0 fully saturated rings. The number of anilines is 1. The van der Waals surface area contributed by atoms with Gasteiger partial charge in [-0.2, -0.15) is 0 Å². The fraction of sp³-hybridized carbons (Fsp3) is 0. The summed E-state index contributed by atoms with van der Waals surface area (Å²) in [4.78, 5) is 11.9. The molecule has 6 heteroatoms. The van der Waals surface area contributed by atoms with E-state index in [1.54, 1.807) is 12.1 Å². The van der Waals surface area contributed by atoms with Crippen LogP contribution in [0, 0.1) is 5.82 Å². The first-order chi connectivity index (χ1) is 8.97. The number of hydrogen-bond donors (Lipinski definition) is 2. The molecule has 0 bridgehead atoms. The standard InChI is InChI=1S/C13H8Br2FNO2/c14-9-3-1-7(5-12(9)18)13(19)17-8-2-4-11(16)10(15)6-8/h1-6,18H,(H,17,19). The minimum absolute atomic E-state index is 0.0204. The first kappa shape index (κ1) is 14.0. The minimum Gasteiger partial charge on any atom is -0.507 e. The van der Waals surface area contributed by atoms with E-state index in [0.717, 1.165) is 0 Å². The van der Waals surface area contributed by atoms with Crippen molar-refractivity contribution < 1.29 is 14.3 Å². The fourth-order valence-electron chi connectivity index (χ4n) is 1.43. The molecule has 0 aromatic heterocycles. The van der Waals surface area contributed by atoms with Gasteiger partial charge in [0.25, 0.3) is 5.91 Å². The number of hydrogen-bond acceptors (Lipinski definition) is 2. The van der Waals surface area contributed by atoms with Gasteiger partial charge in [0.2, 0.25) is 0 Å². The van der Waals surface area contributed by atoms with Crippen molar-refractivity contribution in [1.82, 2.24) is 0 Å². The Morgan fingerprint density at radius 3 is 2.47 bits per heavy atom. The highest BCUT2D eigenvalue weighted by Crippen LogP contribution is 2.25. The van der Waals surface area contributed by atoms with Crippen LogP contribution in [-0.4, -0.2) is 11.0 Å². The molecule has 1 amide bonds. The predicted molar refractivity (Wildman–Crippen MR) is 77.9 cm³/mol. The number of phenolic OH excluding ortho intramolecular Hbond substituents is 1. The average Bonchev–Trinajstić information content (AvgIpc) is 2.37. The molecule has 0 aliphatic rings. The third-order valence-corrected chi connectivity index (χ3v) is 3.66. The Hall–Kier alpha value is -1.40. The second-order valence-corrected chi connectivity index (χ2v) is 5.46. The third kappa shape index (κ3) is 3.33. The van der Waals surface area contributed by atoms with Gasteiger partial charge >= 0.3 is 0 Å². The molecule has 0 aliphatic carbocycles. The van der Waals surface area contributed by atoms with Crippen molar-refractivity contribution >= 4 is 43.5 Å². The largest absolute Gasteiger partial charge is 0.507 e. The number of phenols is 1. The van der Waals surface area contributed by atoms with Gasteiger partial charge in [-0.15, -0.1) is 0 Å². The van der Waals surface area contributed by atoms with Crippen LogP contribution in [0.4, 0.5) is 10.1 Å². The van der Waals surface area contributed by atoms with Crippen molar-refractivity contribution in [3.8, 4) is 5.75 Å². The number of halogens is 3. The molecule has 98 valence electrons. The molecule has 2 N–H and O–H groups in total. The van der Waals surface area contributed by atoms with Crippen LogP contribution in [0.2, 0.25) is 0 Å². The molecule has 0 saturated carbocycles. The van der Waals surface area contributed by atoms with E-state index in [0.29, 0.717) is 15.7 Å². The number of carbonyl (C=O) groups excluding carboxylic acids is 1. The van der Waals surface area contributed by atoms with Gasteiger partial charge in [0.15, 0.2) is 0 Å². The predicted octanol–water partition coefficient (Wildman–Crippen LogP) is 4.31. The smallest absolute Gasteiger partial charge is 0.255 e. The average molecular weight is 389 g/mol. The minimum atomic E-state index is -0.403. The molecule has 0 spiro atoms. The molecule has 0 atom stereocenters. The lowest BCUT2D eigenvalue weighted by molar-refractivity contribution is 0.102. The van der Waals surface area contributed by atoms with Gasteiger partial charge < -0.3 is 10.4 Å². The molecule has 0 radical (unpaired) electrons. The van der Waals surface area contributed by atoms with Crippen LogP contribution >= 0.6 is 31.9 Å². The van der Waals surface area contributed by atoms with Gasteiger partial charge in [-0.05, 0) is 68.3 Å². The van der Waals surface area contributed by atoms with Gasteiger partial charge in [0.05, 0.1) is 8.95 Å². The van der Waals surface area contributed by atoms with Crippen molar-refractivity contribution in [3.63, 3.8) is 0 Å². The first-order valence-electron chi connectivity index (χ1n) is 5.22. The van der Waals surface area contributed by atoms with Crippen molar-refractivity contribution in [2.45, 2.75) is 0 Å². The topological polar surface area (TPSA) is 49.3 Å². The molecule has 0 unspecified atom stereocenters. The maximum atomic E-state index is 13.1. The number of aromatic hydroxyl groups is 1. The Bertz CT molecular complexity index is 647. The SMILES string of the molecule is O=C(Nc1ccc(F)c(Br)c1)c1ccc(Br)c(O)c1. The lowest BCUT2D eigenvalue weighted by Crippen LogP contribution is -2.11. The Kier molecular flexibility index (Phi) is 4.21. The molecule has 2 rings (SSSR count). The Labute approximate surface area is 125 Å². The van der Waals surface area contributed by atoms with Gasteiger partial charge in [-0.25, -0.2) is 4.39 Å². The van der Waals surface area contributed by atoms with E-state index in [1.165, 1.54) is 24.3 Å². The summed E-state index contributed by atoms with van der Waals surface area (Å²) in [5, 5.41) is 12.1. The van der Waals surface area contributed by atoms with Crippen LogP contribution in [0.3, 0.4) is 0 Å². The van der Waals surface area contributed by atoms with Gasteiger partial charge in [0.1, 0.15) is 11.6 Å². The monoisotopic (exact) mass is 387 g/mol. The lowest BCUT2D eigenvalue weighted by atomic mass is 10.2. The molecule has 3 nitrogen and oxygen atoms in total. The summed E-state index contributed by atoms with van der Waals surface area (Å²) in [5.41, 5.74) is 0.766. The molecule has 0 saturated heterocycles. The third-order valence-electron chi connectivity index (χ3n) is 2.39. The van der Waals surface area contributed by atoms with E-state index >= 15 is 0 Å². The van der Waals surface area contributed by atoms with Crippen molar-refractivity contribution in [3.05, 3.63) is 56.7 Å². The van der Waals surface area contributed by atoms with E-state index in [4.69, 9.17) is 0 Å². The quantitative estimate of drug-likeness (QED) is 0.805. The molecule has 0 heterocycles. The van der Waals surface area contributed by atoms with Gasteiger partial charge in [-0.1, -0.05) is 0 Å². The summed E-state index contributed by atoms with van der Waals surface area (Å²) in [5.74, 6) is -0.812. The molecule has 2 aromatic rings. The number of nitrogens with one attached hydrogen (secondary N) is 1. The molecule has 0 aliphatic heterocycles. The molecular weight excluding hydrogens is 381 g/mol. The van der Waals surface area contributed by atoms with E-state index in [9.17, 15) is 14.3 Å². The zero-order chi connectivity index (χ0) is 14.0. The summed E-state index contributed by atoms with van der Waals surface area (Å²) >= 11 is 6.17. The fourth-order valence-corrected chi connectivity index (χ4v) is 2.06. The molecule has 2 aromatic carbocycles. The molecular formula is C13H8Br2FNO2. The van der Waals surface area contributed by atoms with Crippen molar-refractivity contribution in [2.24, 2.45) is 0 Å². The van der Waals surface area contributed by atoms with E-state index in [2.05, 4.69) is 37.2 Å².